The molecule has 0 aliphatic carbocycles. The monoisotopic (exact) mass is 380 g/mol. The van der Waals surface area contributed by atoms with E-state index in [1.807, 2.05) is 24.3 Å². The Morgan fingerprint density at radius 2 is 2.13 bits per heavy atom. The van der Waals surface area contributed by atoms with Crippen molar-refractivity contribution in [1.82, 2.24) is 10.6 Å². The molecule has 0 unspecified atom stereocenters. The van der Waals surface area contributed by atoms with Crippen molar-refractivity contribution < 1.29 is 14.3 Å². The summed E-state index contributed by atoms with van der Waals surface area (Å²) in [5, 5.41) is 5.44. The van der Waals surface area contributed by atoms with Crippen LogP contribution in [-0.4, -0.2) is 18.6 Å². The quantitative estimate of drug-likeness (QED) is 0.582. The Balaban J connectivity index is 2.22. The maximum Gasteiger partial charge on any atom is 0.338 e. The van der Waals surface area contributed by atoms with E-state index in [2.05, 4.69) is 33.5 Å². The minimum atomic E-state index is -0.514. The molecule has 2 amide bonds. The van der Waals surface area contributed by atoms with Crippen LogP contribution in [0.25, 0.3) is 0 Å². The number of ether oxygens (including phenoxy) is 1. The molecule has 0 aromatic heterocycles. The first-order valence-corrected chi connectivity index (χ1v) is 8.53. The summed E-state index contributed by atoms with van der Waals surface area (Å²) in [4.78, 5) is 24.3. The minimum absolute atomic E-state index is 0.324. The molecule has 0 saturated heterocycles. The van der Waals surface area contributed by atoms with Crippen LogP contribution in [-0.2, 0) is 9.53 Å². The maximum absolute atomic E-state index is 12.5. The van der Waals surface area contributed by atoms with Gasteiger partial charge in [-0.15, -0.1) is 0 Å². The van der Waals surface area contributed by atoms with Crippen molar-refractivity contribution in [3.63, 3.8) is 0 Å². The number of allylic oxidation sites excluding steroid dienone is 1. The molecule has 0 spiro atoms. The fourth-order valence-corrected chi connectivity index (χ4v) is 2.91. The van der Waals surface area contributed by atoms with Crippen molar-refractivity contribution in [2.75, 3.05) is 6.61 Å². The van der Waals surface area contributed by atoms with Gasteiger partial charge in [-0.1, -0.05) is 47.8 Å². The Hall–Kier alpha value is -1.82. The normalized spacial score (nSPS) is 17.5. The van der Waals surface area contributed by atoms with Crippen LogP contribution < -0.4 is 10.6 Å². The predicted molar refractivity (Wildman–Crippen MR) is 91.7 cm³/mol. The number of benzene rings is 1. The lowest BCUT2D eigenvalue weighted by atomic mass is 9.96. The summed E-state index contributed by atoms with van der Waals surface area (Å²) in [6.45, 7) is 4.20. The summed E-state index contributed by atoms with van der Waals surface area (Å²) in [5.74, 6) is -0.393. The van der Waals surface area contributed by atoms with Crippen molar-refractivity contribution in [1.29, 1.82) is 0 Å². The van der Waals surface area contributed by atoms with Crippen LogP contribution in [0.5, 0.6) is 0 Å². The van der Waals surface area contributed by atoms with E-state index in [-0.39, 0.29) is 6.03 Å². The molecule has 6 heteroatoms. The van der Waals surface area contributed by atoms with E-state index < -0.39 is 12.0 Å². The standard InChI is InChI=1S/C17H21BrN2O3/c1-3-4-5-9-23-16(21)14-11(2)19-17(22)20-15(14)12-7-6-8-13(18)10-12/h6-8,10,15H,3-5,9H2,1-2H3,(H2,19,20,22)/t15-/m1/s1. The van der Waals surface area contributed by atoms with Crippen LogP contribution in [0.2, 0.25) is 0 Å². The van der Waals surface area contributed by atoms with Crippen molar-refractivity contribution in [2.24, 2.45) is 0 Å². The van der Waals surface area contributed by atoms with E-state index in [1.54, 1.807) is 6.92 Å². The third-order valence-corrected chi connectivity index (χ3v) is 4.15. The van der Waals surface area contributed by atoms with Gasteiger partial charge >= 0.3 is 12.0 Å². The zero-order valence-electron chi connectivity index (χ0n) is 13.3. The number of amides is 2. The smallest absolute Gasteiger partial charge is 0.338 e. The molecular weight excluding hydrogens is 360 g/mol. The Labute approximate surface area is 144 Å². The third kappa shape index (κ3) is 4.58. The van der Waals surface area contributed by atoms with E-state index in [0.29, 0.717) is 17.9 Å². The second-order valence-corrected chi connectivity index (χ2v) is 6.38. The number of urea groups is 1. The number of hydrogen-bond acceptors (Lipinski definition) is 3. The number of hydrogen-bond donors (Lipinski definition) is 2. The first-order valence-electron chi connectivity index (χ1n) is 7.73. The molecule has 1 aromatic rings. The first kappa shape index (κ1) is 17.5. The molecule has 1 aliphatic rings. The van der Waals surface area contributed by atoms with Gasteiger partial charge in [0, 0.05) is 10.2 Å². The largest absolute Gasteiger partial charge is 0.462 e. The van der Waals surface area contributed by atoms with Gasteiger partial charge in [0.1, 0.15) is 0 Å². The lowest BCUT2D eigenvalue weighted by molar-refractivity contribution is -0.139. The number of nitrogens with one attached hydrogen (secondary N) is 2. The lowest BCUT2D eigenvalue weighted by Gasteiger charge is -2.28. The predicted octanol–water partition coefficient (Wildman–Crippen LogP) is 3.81. The summed E-state index contributed by atoms with van der Waals surface area (Å²) in [6.07, 6.45) is 2.93. The molecule has 0 fully saturated rings. The molecule has 2 rings (SSSR count). The summed E-state index contributed by atoms with van der Waals surface area (Å²) in [7, 11) is 0. The Kier molecular flexibility index (Phi) is 6.21. The highest BCUT2D eigenvalue weighted by Gasteiger charge is 2.32. The summed E-state index contributed by atoms with van der Waals surface area (Å²) in [6, 6.07) is 6.68. The van der Waals surface area contributed by atoms with Crippen molar-refractivity contribution in [3.8, 4) is 0 Å². The van der Waals surface area contributed by atoms with E-state index >= 15 is 0 Å². The molecular formula is C17H21BrN2O3. The van der Waals surface area contributed by atoms with Gasteiger partial charge in [-0.2, -0.15) is 0 Å². The molecule has 5 nitrogen and oxygen atoms in total. The molecule has 1 aliphatic heterocycles. The fraction of sp³-hybridized carbons (Fsp3) is 0.412. The molecule has 124 valence electrons. The SMILES string of the molecule is CCCCCOC(=O)C1=C(C)NC(=O)N[C@@H]1c1cccc(Br)c1. The van der Waals surface area contributed by atoms with Gasteiger partial charge in [-0.05, 0) is 31.0 Å². The van der Waals surface area contributed by atoms with Gasteiger partial charge in [-0.25, -0.2) is 9.59 Å². The van der Waals surface area contributed by atoms with E-state index in [1.165, 1.54) is 0 Å². The number of rotatable bonds is 6. The molecule has 0 saturated carbocycles. The van der Waals surface area contributed by atoms with Gasteiger partial charge in [0.15, 0.2) is 0 Å². The molecule has 1 heterocycles. The molecule has 1 aromatic carbocycles. The van der Waals surface area contributed by atoms with Crippen molar-refractivity contribution >= 4 is 27.9 Å². The summed E-state index contributed by atoms with van der Waals surface area (Å²) < 4.78 is 6.26. The number of carbonyl (C=O) groups excluding carboxylic acids is 2. The van der Waals surface area contributed by atoms with Crippen LogP contribution >= 0.6 is 15.9 Å². The Bertz CT molecular complexity index is 628. The highest BCUT2D eigenvalue weighted by Crippen LogP contribution is 2.29. The van der Waals surface area contributed by atoms with Crippen LogP contribution in [0.1, 0.15) is 44.7 Å². The maximum atomic E-state index is 12.5. The fourth-order valence-electron chi connectivity index (χ4n) is 2.50. The second-order valence-electron chi connectivity index (χ2n) is 5.47. The molecule has 0 bridgehead atoms. The number of halogens is 1. The molecule has 23 heavy (non-hydrogen) atoms. The van der Waals surface area contributed by atoms with E-state index in [4.69, 9.17) is 4.74 Å². The number of carbonyl (C=O) groups is 2. The Morgan fingerprint density at radius 3 is 2.83 bits per heavy atom. The zero-order chi connectivity index (χ0) is 16.8. The van der Waals surface area contributed by atoms with Gasteiger partial charge in [-0.3, -0.25) is 0 Å². The van der Waals surface area contributed by atoms with Crippen LogP contribution in [0.15, 0.2) is 40.0 Å². The van der Waals surface area contributed by atoms with Crippen LogP contribution in [0.4, 0.5) is 4.79 Å². The zero-order valence-corrected chi connectivity index (χ0v) is 14.9. The summed E-state index contributed by atoms with van der Waals surface area (Å²) in [5.41, 5.74) is 1.80. The van der Waals surface area contributed by atoms with Gasteiger partial charge in [0.05, 0.1) is 18.2 Å². The minimum Gasteiger partial charge on any atom is -0.462 e. The topological polar surface area (TPSA) is 67.4 Å². The van der Waals surface area contributed by atoms with Gasteiger partial charge < -0.3 is 15.4 Å². The van der Waals surface area contributed by atoms with E-state index in [0.717, 1.165) is 29.3 Å². The average molecular weight is 381 g/mol. The van der Waals surface area contributed by atoms with Crippen LogP contribution in [0, 0.1) is 0 Å². The average Bonchev–Trinajstić information content (AvgIpc) is 2.50. The van der Waals surface area contributed by atoms with Gasteiger partial charge in [0.25, 0.3) is 0 Å². The number of unbranched alkanes of at least 4 members (excludes halogenated alkanes) is 2. The number of esters is 1. The Morgan fingerprint density at radius 1 is 1.35 bits per heavy atom. The third-order valence-electron chi connectivity index (χ3n) is 3.65. The lowest BCUT2D eigenvalue weighted by Crippen LogP contribution is -2.45. The second kappa shape index (κ2) is 8.15. The first-order chi connectivity index (χ1) is 11.0. The van der Waals surface area contributed by atoms with Gasteiger partial charge in [0.2, 0.25) is 0 Å². The van der Waals surface area contributed by atoms with Crippen molar-refractivity contribution in [3.05, 3.63) is 45.6 Å². The molecule has 2 N–H and O–H groups in total. The van der Waals surface area contributed by atoms with E-state index in [9.17, 15) is 9.59 Å². The highest BCUT2D eigenvalue weighted by molar-refractivity contribution is 9.10. The van der Waals surface area contributed by atoms with Crippen molar-refractivity contribution in [2.45, 2.75) is 39.2 Å². The molecule has 0 radical (unpaired) electrons. The van der Waals surface area contributed by atoms with Crippen LogP contribution in [0.3, 0.4) is 0 Å². The highest BCUT2D eigenvalue weighted by atomic mass is 79.9. The summed E-state index contributed by atoms with van der Waals surface area (Å²) >= 11 is 3.41. The molecule has 1 atom stereocenters.